The molecule has 0 fully saturated rings. The molecular formula is C25H27N3O3. The van der Waals surface area contributed by atoms with Gasteiger partial charge in [0.1, 0.15) is 5.75 Å². The molecule has 3 aromatic carbocycles. The van der Waals surface area contributed by atoms with Gasteiger partial charge in [0, 0.05) is 29.7 Å². The van der Waals surface area contributed by atoms with Crippen LogP contribution in [-0.4, -0.2) is 32.0 Å². The van der Waals surface area contributed by atoms with Gasteiger partial charge in [-0.05, 0) is 67.1 Å². The number of hydrogen-bond donors (Lipinski definition) is 2. The summed E-state index contributed by atoms with van der Waals surface area (Å²) in [6.45, 7) is 2.87. The van der Waals surface area contributed by atoms with Crippen LogP contribution in [0, 0.1) is 0 Å². The van der Waals surface area contributed by atoms with Crippen LogP contribution in [0.5, 0.6) is 5.75 Å². The minimum atomic E-state index is -0.174. The topological polar surface area (TPSA) is 70.7 Å². The summed E-state index contributed by atoms with van der Waals surface area (Å²) in [5.41, 5.74) is 2.84. The Morgan fingerprint density at radius 3 is 2.16 bits per heavy atom. The van der Waals surface area contributed by atoms with Gasteiger partial charge in [-0.1, -0.05) is 25.1 Å². The molecule has 6 nitrogen and oxygen atoms in total. The van der Waals surface area contributed by atoms with Crippen LogP contribution in [0.1, 0.15) is 23.7 Å². The summed E-state index contributed by atoms with van der Waals surface area (Å²) in [6, 6.07) is 23.8. The van der Waals surface area contributed by atoms with Gasteiger partial charge in [-0.2, -0.15) is 0 Å². The molecule has 0 heterocycles. The van der Waals surface area contributed by atoms with Gasteiger partial charge in [0.05, 0.1) is 13.2 Å². The third-order valence-electron chi connectivity index (χ3n) is 4.64. The number of amides is 2. The van der Waals surface area contributed by atoms with Crippen LogP contribution in [-0.2, 0) is 4.79 Å². The number of benzene rings is 3. The van der Waals surface area contributed by atoms with E-state index in [2.05, 4.69) is 17.6 Å². The highest BCUT2D eigenvalue weighted by Crippen LogP contribution is 2.17. The van der Waals surface area contributed by atoms with Crippen molar-refractivity contribution in [1.82, 2.24) is 0 Å². The molecule has 0 spiro atoms. The number of carbonyl (C=O) groups excluding carboxylic acids is 2. The number of anilines is 3. The lowest BCUT2D eigenvalue weighted by atomic mass is 10.1. The summed E-state index contributed by atoms with van der Waals surface area (Å²) in [6.07, 6.45) is 0.957. The predicted octanol–water partition coefficient (Wildman–Crippen LogP) is 4.80. The monoisotopic (exact) mass is 417 g/mol. The minimum Gasteiger partial charge on any atom is -0.494 e. The first kappa shape index (κ1) is 21.9. The highest BCUT2D eigenvalue weighted by molar-refractivity contribution is 6.06. The van der Waals surface area contributed by atoms with E-state index in [0.29, 0.717) is 17.9 Å². The van der Waals surface area contributed by atoms with Crippen molar-refractivity contribution in [1.29, 1.82) is 0 Å². The van der Waals surface area contributed by atoms with Crippen LogP contribution in [0.25, 0.3) is 0 Å². The Kier molecular flexibility index (Phi) is 7.65. The molecule has 0 aromatic heterocycles. The quantitative estimate of drug-likeness (QED) is 0.525. The molecule has 0 aliphatic heterocycles. The highest BCUT2D eigenvalue weighted by Gasteiger charge is 2.13. The average Bonchev–Trinajstić information content (AvgIpc) is 2.82. The van der Waals surface area contributed by atoms with Crippen molar-refractivity contribution in [3.63, 3.8) is 0 Å². The average molecular weight is 418 g/mol. The Balaban J connectivity index is 1.50. The normalized spacial score (nSPS) is 10.3. The van der Waals surface area contributed by atoms with Crippen molar-refractivity contribution in [3.05, 3.63) is 84.4 Å². The standard InChI is InChI=1S/C25H27N3O3/c1-3-17-31-23-15-13-20(14-16-23)26-18-24(29)27-21-11-9-19(10-12-21)25(30)28(2)22-7-5-4-6-8-22/h4-16,26H,3,17-18H2,1-2H3,(H,27,29). The first-order valence-corrected chi connectivity index (χ1v) is 10.3. The third kappa shape index (κ3) is 6.34. The Bertz CT molecular complexity index is 987. The molecule has 0 atom stereocenters. The van der Waals surface area contributed by atoms with Crippen molar-refractivity contribution in [2.24, 2.45) is 0 Å². The Labute approximate surface area is 182 Å². The van der Waals surface area contributed by atoms with Gasteiger partial charge < -0.3 is 20.3 Å². The molecule has 0 aliphatic rings. The predicted molar refractivity (Wildman–Crippen MR) is 125 cm³/mol. The second-order valence-electron chi connectivity index (χ2n) is 7.05. The number of carbonyl (C=O) groups is 2. The van der Waals surface area contributed by atoms with Crippen molar-refractivity contribution < 1.29 is 14.3 Å². The van der Waals surface area contributed by atoms with Crippen LogP contribution in [0.15, 0.2) is 78.9 Å². The molecule has 0 saturated carbocycles. The van der Waals surface area contributed by atoms with E-state index in [-0.39, 0.29) is 18.4 Å². The third-order valence-corrected chi connectivity index (χ3v) is 4.64. The number of ether oxygens (including phenoxy) is 1. The van der Waals surface area contributed by atoms with Crippen LogP contribution in [0.3, 0.4) is 0 Å². The fourth-order valence-corrected chi connectivity index (χ4v) is 2.94. The summed E-state index contributed by atoms with van der Waals surface area (Å²) in [4.78, 5) is 26.5. The van der Waals surface area contributed by atoms with Crippen LogP contribution in [0.2, 0.25) is 0 Å². The largest absolute Gasteiger partial charge is 0.494 e. The molecular weight excluding hydrogens is 390 g/mol. The van der Waals surface area contributed by atoms with E-state index in [1.165, 1.54) is 0 Å². The summed E-state index contributed by atoms with van der Waals surface area (Å²) in [5.74, 6) is 0.522. The van der Waals surface area contributed by atoms with Crippen LogP contribution >= 0.6 is 0 Å². The zero-order chi connectivity index (χ0) is 22.1. The maximum Gasteiger partial charge on any atom is 0.258 e. The highest BCUT2D eigenvalue weighted by atomic mass is 16.5. The van der Waals surface area contributed by atoms with E-state index in [1.54, 1.807) is 36.2 Å². The smallest absolute Gasteiger partial charge is 0.258 e. The number of rotatable bonds is 9. The molecule has 0 unspecified atom stereocenters. The van der Waals surface area contributed by atoms with Gasteiger partial charge in [0.15, 0.2) is 0 Å². The van der Waals surface area contributed by atoms with Crippen LogP contribution < -0.4 is 20.3 Å². The molecule has 0 aliphatic carbocycles. The number of nitrogens with one attached hydrogen (secondary N) is 2. The van der Waals surface area contributed by atoms with Gasteiger partial charge in [-0.25, -0.2) is 0 Å². The second-order valence-corrected chi connectivity index (χ2v) is 7.05. The molecule has 31 heavy (non-hydrogen) atoms. The summed E-state index contributed by atoms with van der Waals surface area (Å²) >= 11 is 0. The molecule has 0 radical (unpaired) electrons. The fraction of sp³-hybridized carbons (Fsp3) is 0.200. The fourth-order valence-electron chi connectivity index (χ4n) is 2.94. The summed E-state index contributed by atoms with van der Waals surface area (Å²) < 4.78 is 5.55. The summed E-state index contributed by atoms with van der Waals surface area (Å²) in [5, 5.41) is 5.91. The molecule has 160 valence electrons. The lowest BCUT2D eigenvalue weighted by Gasteiger charge is -2.17. The Hall–Kier alpha value is -3.80. The van der Waals surface area contributed by atoms with E-state index in [1.807, 2.05) is 54.6 Å². The molecule has 2 amide bonds. The lowest BCUT2D eigenvalue weighted by molar-refractivity contribution is -0.114. The van der Waals surface area contributed by atoms with E-state index in [9.17, 15) is 9.59 Å². The first-order chi connectivity index (χ1) is 15.1. The van der Waals surface area contributed by atoms with E-state index < -0.39 is 0 Å². The Morgan fingerprint density at radius 1 is 0.871 bits per heavy atom. The molecule has 6 heteroatoms. The number of hydrogen-bond acceptors (Lipinski definition) is 4. The minimum absolute atomic E-state index is 0.114. The van der Waals surface area contributed by atoms with Crippen molar-refractivity contribution >= 4 is 28.9 Å². The van der Waals surface area contributed by atoms with Gasteiger partial charge in [0.25, 0.3) is 5.91 Å². The molecule has 0 saturated heterocycles. The lowest BCUT2D eigenvalue weighted by Crippen LogP contribution is -2.26. The second kappa shape index (κ2) is 10.8. The van der Waals surface area contributed by atoms with E-state index in [4.69, 9.17) is 4.74 Å². The van der Waals surface area contributed by atoms with E-state index >= 15 is 0 Å². The zero-order valence-electron chi connectivity index (χ0n) is 17.8. The Morgan fingerprint density at radius 2 is 1.52 bits per heavy atom. The molecule has 0 bridgehead atoms. The zero-order valence-corrected chi connectivity index (χ0v) is 17.8. The van der Waals surface area contributed by atoms with Gasteiger partial charge in [0.2, 0.25) is 5.91 Å². The maximum atomic E-state index is 12.6. The van der Waals surface area contributed by atoms with Gasteiger partial charge >= 0.3 is 0 Å². The number of nitrogens with zero attached hydrogens (tertiary/aromatic N) is 1. The van der Waals surface area contributed by atoms with Crippen molar-refractivity contribution in [3.8, 4) is 5.75 Å². The molecule has 2 N–H and O–H groups in total. The van der Waals surface area contributed by atoms with Crippen molar-refractivity contribution in [2.75, 3.05) is 35.7 Å². The summed E-state index contributed by atoms with van der Waals surface area (Å²) in [7, 11) is 1.74. The van der Waals surface area contributed by atoms with E-state index in [0.717, 1.165) is 23.5 Å². The molecule has 3 aromatic rings. The van der Waals surface area contributed by atoms with Gasteiger partial charge in [-0.3, -0.25) is 9.59 Å². The van der Waals surface area contributed by atoms with Crippen molar-refractivity contribution in [2.45, 2.75) is 13.3 Å². The SMILES string of the molecule is CCCOc1ccc(NCC(=O)Nc2ccc(C(=O)N(C)c3ccccc3)cc2)cc1. The number of para-hydroxylation sites is 1. The maximum absolute atomic E-state index is 12.6. The first-order valence-electron chi connectivity index (χ1n) is 10.3. The van der Waals surface area contributed by atoms with Crippen LogP contribution in [0.4, 0.5) is 17.1 Å². The molecule has 3 rings (SSSR count). The van der Waals surface area contributed by atoms with Gasteiger partial charge in [-0.15, -0.1) is 0 Å².